The lowest BCUT2D eigenvalue weighted by Gasteiger charge is -2.13. The number of benzene rings is 5. The van der Waals surface area contributed by atoms with Crippen molar-refractivity contribution in [2.45, 2.75) is 0 Å². The maximum Gasteiger partial charge on any atom is 0.160 e. The highest BCUT2D eigenvalue weighted by molar-refractivity contribution is 5.84. The Labute approximate surface area is 348 Å². The summed E-state index contributed by atoms with van der Waals surface area (Å²) < 4.78 is 0. The van der Waals surface area contributed by atoms with Gasteiger partial charge in [-0.2, -0.15) is 0 Å². The van der Waals surface area contributed by atoms with Crippen LogP contribution in [0.25, 0.3) is 101 Å². The zero-order chi connectivity index (χ0) is 40.1. The summed E-state index contributed by atoms with van der Waals surface area (Å²) in [6.45, 7) is 0. The molecule has 0 unspecified atom stereocenters. The smallest absolute Gasteiger partial charge is 0.160 e. The topological polar surface area (TPSA) is 77.3 Å². The largest absolute Gasteiger partial charge is 0.264 e. The molecular formula is C54H36N6. The van der Waals surface area contributed by atoms with Crippen molar-refractivity contribution in [2.24, 2.45) is 0 Å². The summed E-state index contributed by atoms with van der Waals surface area (Å²) in [5.41, 5.74) is 17.7. The van der Waals surface area contributed by atoms with Gasteiger partial charge in [0.2, 0.25) is 0 Å². The van der Waals surface area contributed by atoms with Gasteiger partial charge in [0.05, 0.1) is 11.4 Å². The Kier molecular flexibility index (Phi) is 9.84. The number of hydrogen-bond donors (Lipinski definition) is 0. The molecule has 0 atom stereocenters. The lowest BCUT2D eigenvalue weighted by atomic mass is 9.93. The quantitative estimate of drug-likeness (QED) is 0.145. The maximum atomic E-state index is 5.12. The van der Waals surface area contributed by atoms with Crippen LogP contribution in [0.1, 0.15) is 0 Å². The van der Waals surface area contributed by atoms with E-state index >= 15 is 0 Å². The molecule has 0 spiro atoms. The van der Waals surface area contributed by atoms with Crippen molar-refractivity contribution < 1.29 is 0 Å². The van der Waals surface area contributed by atoms with Crippen LogP contribution in [0, 0.1) is 0 Å². The van der Waals surface area contributed by atoms with E-state index in [9.17, 15) is 0 Å². The van der Waals surface area contributed by atoms with E-state index in [1.54, 1.807) is 24.8 Å². The molecule has 5 heterocycles. The van der Waals surface area contributed by atoms with Crippen molar-refractivity contribution >= 4 is 0 Å². The van der Waals surface area contributed by atoms with Gasteiger partial charge in [0.25, 0.3) is 0 Å². The first-order valence-corrected chi connectivity index (χ1v) is 19.8. The average molecular weight is 769 g/mol. The van der Waals surface area contributed by atoms with E-state index in [0.717, 1.165) is 94.8 Å². The standard InChI is InChI=1S/C54H36N6/c1-2-8-41(9-3-1)54-59-52(39-18-14-37(15-19-39)46-26-48(42-10-4-22-55-33-42)30-49(27-46)43-11-5-23-56-34-43)32-53(60-54)40-20-16-38(17-21-40)47-28-50(44-12-6-24-57-35-44)31-51(29-47)45-13-7-25-58-36-45/h1-36H. The molecular weight excluding hydrogens is 733 g/mol. The molecule has 0 saturated carbocycles. The van der Waals surface area contributed by atoms with Gasteiger partial charge in [-0.25, -0.2) is 9.97 Å². The molecule has 0 N–H and O–H groups in total. The number of aromatic nitrogens is 6. The van der Waals surface area contributed by atoms with E-state index in [1.807, 2.05) is 67.3 Å². The van der Waals surface area contributed by atoms with Crippen LogP contribution in [-0.4, -0.2) is 29.9 Å². The fraction of sp³-hybridized carbons (Fsp3) is 0. The highest BCUT2D eigenvalue weighted by Crippen LogP contribution is 2.36. The molecule has 0 aliphatic carbocycles. The fourth-order valence-corrected chi connectivity index (χ4v) is 7.52. The first-order chi connectivity index (χ1) is 29.7. The van der Waals surface area contributed by atoms with Gasteiger partial charge in [0.1, 0.15) is 0 Å². The molecule has 282 valence electrons. The van der Waals surface area contributed by atoms with Crippen molar-refractivity contribution in [3.8, 4) is 101 Å². The third-order valence-corrected chi connectivity index (χ3v) is 10.6. The molecule has 5 aromatic heterocycles. The van der Waals surface area contributed by atoms with E-state index < -0.39 is 0 Å². The second-order valence-electron chi connectivity index (χ2n) is 14.5. The second kappa shape index (κ2) is 16.3. The van der Waals surface area contributed by atoms with Gasteiger partial charge in [-0.15, -0.1) is 0 Å². The highest BCUT2D eigenvalue weighted by atomic mass is 14.9. The van der Waals surface area contributed by atoms with Crippen LogP contribution in [0.3, 0.4) is 0 Å². The summed E-state index contributed by atoms with van der Waals surface area (Å²) in [7, 11) is 0. The normalized spacial score (nSPS) is 11.0. The lowest BCUT2D eigenvalue weighted by Crippen LogP contribution is -1.96. The Morgan fingerprint density at radius 3 is 0.833 bits per heavy atom. The van der Waals surface area contributed by atoms with Crippen molar-refractivity contribution in [1.82, 2.24) is 29.9 Å². The highest BCUT2D eigenvalue weighted by Gasteiger charge is 2.14. The predicted molar refractivity (Wildman–Crippen MR) is 242 cm³/mol. The summed E-state index contributed by atoms with van der Waals surface area (Å²) in [6, 6.07) is 59.1. The van der Waals surface area contributed by atoms with E-state index in [1.165, 1.54) is 0 Å². The second-order valence-corrected chi connectivity index (χ2v) is 14.5. The first kappa shape index (κ1) is 36.1. The minimum Gasteiger partial charge on any atom is -0.264 e. The monoisotopic (exact) mass is 768 g/mol. The molecule has 6 nitrogen and oxygen atoms in total. The van der Waals surface area contributed by atoms with Crippen molar-refractivity contribution in [3.63, 3.8) is 0 Å². The molecule has 60 heavy (non-hydrogen) atoms. The van der Waals surface area contributed by atoms with Crippen LogP contribution < -0.4 is 0 Å². The van der Waals surface area contributed by atoms with Crippen molar-refractivity contribution in [3.05, 3.63) is 219 Å². The molecule has 0 aliphatic rings. The number of rotatable bonds is 9. The van der Waals surface area contributed by atoms with Gasteiger partial charge in [0, 0.05) is 88.5 Å². The molecule has 0 radical (unpaired) electrons. The van der Waals surface area contributed by atoms with Crippen LogP contribution in [0.2, 0.25) is 0 Å². The number of nitrogens with zero attached hydrogens (tertiary/aromatic N) is 6. The Morgan fingerprint density at radius 1 is 0.217 bits per heavy atom. The Morgan fingerprint density at radius 2 is 0.517 bits per heavy atom. The van der Waals surface area contributed by atoms with E-state index in [2.05, 4.69) is 147 Å². The molecule has 10 rings (SSSR count). The zero-order valence-corrected chi connectivity index (χ0v) is 32.5. The van der Waals surface area contributed by atoms with Crippen LogP contribution in [0.5, 0.6) is 0 Å². The third-order valence-electron chi connectivity index (χ3n) is 10.6. The molecule has 0 fully saturated rings. The minimum atomic E-state index is 0.673. The predicted octanol–water partition coefficient (Wildman–Crippen LogP) is 13.1. The van der Waals surface area contributed by atoms with Crippen LogP contribution >= 0.6 is 0 Å². The zero-order valence-electron chi connectivity index (χ0n) is 32.5. The van der Waals surface area contributed by atoms with Gasteiger partial charge in [-0.3, -0.25) is 19.9 Å². The molecule has 0 bridgehead atoms. The van der Waals surface area contributed by atoms with Gasteiger partial charge in [-0.05, 0) is 111 Å². The molecule has 0 aliphatic heterocycles. The summed E-state index contributed by atoms with van der Waals surface area (Å²) in [4.78, 5) is 27.8. The molecule has 6 heteroatoms. The summed E-state index contributed by atoms with van der Waals surface area (Å²) in [5, 5.41) is 0. The van der Waals surface area contributed by atoms with Crippen molar-refractivity contribution in [2.75, 3.05) is 0 Å². The maximum absolute atomic E-state index is 5.12. The summed E-state index contributed by atoms with van der Waals surface area (Å²) in [6.07, 6.45) is 14.8. The summed E-state index contributed by atoms with van der Waals surface area (Å²) in [5.74, 6) is 0.673. The number of hydrogen-bond acceptors (Lipinski definition) is 6. The lowest BCUT2D eigenvalue weighted by molar-refractivity contribution is 1.18. The molecule has 10 aromatic rings. The Bertz CT molecular complexity index is 2730. The van der Waals surface area contributed by atoms with Gasteiger partial charge in [0.15, 0.2) is 5.82 Å². The fourth-order valence-electron chi connectivity index (χ4n) is 7.52. The summed E-state index contributed by atoms with van der Waals surface area (Å²) >= 11 is 0. The van der Waals surface area contributed by atoms with E-state index in [-0.39, 0.29) is 0 Å². The van der Waals surface area contributed by atoms with E-state index in [0.29, 0.717) is 5.82 Å². The Balaban J connectivity index is 1.01. The van der Waals surface area contributed by atoms with E-state index in [4.69, 9.17) is 9.97 Å². The molecule has 0 saturated heterocycles. The van der Waals surface area contributed by atoms with Crippen LogP contribution in [0.15, 0.2) is 219 Å². The Hall–Kier alpha value is -8.22. The molecule has 5 aromatic carbocycles. The average Bonchev–Trinajstić information content (AvgIpc) is 3.35. The SMILES string of the molecule is c1ccc(-c2nc(-c3ccc(-c4cc(-c5cccnc5)cc(-c5cccnc5)c4)cc3)cc(-c3ccc(-c4cc(-c5cccnc5)cc(-c5cccnc5)c4)cc3)n2)cc1. The minimum absolute atomic E-state index is 0.673. The number of pyridine rings is 4. The van der Waals surface area contributed by atoms with Gasteiger partial charge < -0.3 is 0 Å². The molecule has 0 amide bonds. The van der Waals surface area contributed by atoms with Crippen molar-refractivity contribution in [1.29, 1.82) is 0 Å². The van der Waals surface area contributed by atoms with Gasteiger partial charge >= 0.3 is 0 Å². The first-order valence-electron chi connectivity index (χ1n) is 19.8. The van der Waals surface area contributed by atoms with Gasteiger partial charge in [-0.1, -0.05) is 103 Å². The van der Waals surface area contributed by atoms with Crippen LogP contribution in [-0.2, 0) is 0 Å². The third kappa shape index (κ3) is 7.73. The van der Waals surface area contributed by atoms with Crippen LogP contribution in [0.4, 0.5) is 0 Å².